The first-order valence-electron chi connectivity index (χ1n) is 6.60. The minimum Gasteiger partial charge on any atom is -0.484 e. The Bertz CT molecular complexity index is 460. The molecule has 20 heavy (non-hydrogen) atoms. The zero-order valence-electron chi connectivity index (χ0n) is 12.2. The third-order valence-electron chi connectivity index (χ3n) is 3.05. The Morgan fingerprint density at radius 3 is 2.75 bits per heavy atom. The van der Waals surface area contributed by atoms with Crippen molar-refractivity contribution in [3.63, 3.8) is 0 Å². The van der Waals surface area contributed by atoms with Crippen molar-refractivity contribution in [1.29, 1.82) is 0 Å². The lowest BCUT2D eigenvalue weighted by Gasteiger charge is -2.23. The molecule has 0 atom stereocenters. The summed E-state index contributed by atoms with van der Waals surface area (Å²) in [6.07, 6.45) is 0.643. The van der Waals surface area contributed by atoms with Gasteiger partial charge in [-0.15, -0.1) is 0 Å². The Morgan fingerprint density at radius 2 is 2.15 bits per heavy atom. The molecule has 0 heterocycles. The molecule has 0 fully saturated rings. The predicted molar refractivity (Wildman–Crippen MR) is 80.2 cm³/mol. The van der Waals surface area contributed by atoms with Crippen LogP contribution in [-0.4, -0.2) is 30.8 Å². The van der Waals surface area contributed by atoms with Crippen LogP contribution in [0.5, 0.6) is 5.75 Å². The zero-order chi connectivity index (χ0) is 15.2. The molecule has 0 bridgehead atoms. The van der Waals surface area contributed by atoms with E-state index in [-0.39, 0.29) is 24.5 Å². The summed E-state index contributed by atoms with van der Waals surface area (Å²) in [6, 6.07) is 5.28. The molecule has 112 valence electrons. The number of amides is 1. The van der Waals surface area contributed by atoms with E-state index < -0.39 is 0 Å². The van der Waals surface area contributed by atoms with E-state index in [1.54, 1.807) is 18.2 Å². The van der Waals surface area contributed by atoms with Crippen molar-refractivity contribution < 1.29 is 14.6 Å². The predicted octanol–water partition coefficient (Wildman–Crippen LogP) is 2.55. The van der Waals surface area contributed by atoms with Crippen LogP contribution in [0.25, 0.3) is 0 Å². The minimum atomic E-state index is -0.177. The van der Waals surface area contributed by atoms with E-state index in [2.05, 4.69) is 5.32 Å². The highest BCUT2D eigenvalue weighted by Gasteiger charge is 2.18. The van der Waals surface area contributed by atoms with Crippen molar-refractivity contribution in [2.75, 3.05) is 19.8 Å². The highest BCUT2D eigenvalue weighted by Crippen LogP contribution is 2.21. The molecule has 0 saturated carbocycles. The van der Waals surface area contributed by atoms with Gasteiger partial charge in [0.15, 0.2) is 6.61 Å². The molecule has 1 amide bonds. The Balaban J connectivity index is 2.38. The SMILES string of the molecule is Cc1cc(OCC(=O)NCC(C)(C)CCO)ccc1Cl. The van der Waals surface area contributed by atoms with Gasteiger partial charge in [0.2, 0.25) is 0 Å². The lowest BCUT2D eigenvalue weighted by molar-refractivity contribution is -0.123. The van der Waals surface area contributed by atoms with Gasteiger partial charge >= 0.3 is 0 Å². The van der Waals surface area contributed by atoms with Gasteiger partial charge in [-0.1, -0.05) is 25.4 Å². The third kappa shape index (κ3) is 5.80. The fourth-order valence-electron chi connectivity index (χ4n) is 1.64. The molecule has 0 radical (unpaired) electrons. The average molecular weight is 300 g/mol. The largest absolute Gasteiger partial charge is 0.484 e. The van der Waals surface area contributed by atoms with E-state index in [0.717, 1.165) is 5.56 Å². The summed E-state index contributed by atoms with van der Waals surface area (Å²) in [6.45, 7) is 6.46. The molecule has 0 saturated heterocycles. The van der Waals surface area contributed by atoms with Crippen molar-refractivity contribution in [1.82, 2.24) is 5.32 Å². The summed E-state index contributed by atoms with van der Waals surface area (Å²) in [4.78, 5) is 11.7. The van der Waals surface area contributed by atoms with E-state index in [1.165, 1.54) is 0 Å². The summed E-state index contributed by atoms with van der Waals surface area (Å²) >= 11 is 5.92. The van der Waals surface area contributed by atoms with Crippen LogP contribution in [0, 0.1) is 12.3 Å². The van der Waals surface area contributed by atoms with Crippen LogP contribution in [0.1, 0.15) is 25.8 Å². The number of ether oxygens (including phenoxy) is 1. The number of carbonyl (C=O) groups is 1. The second-order valence-corrected chi connectivity index (χ2v) is 6.02. The quantitative estimate of drug-likeness (QED) is 0.813. The van der Waals surface area contributed by atoms with E-state index >= 15 is 0 Å². The molecular weight excluding hydrogens is 278 g/mol. The molecule has 1 rings (SSSR count). The van der Waals surface area contributed by atoms with Gasteiger partial charge in [0.05, 0.1) is 0 Å². The van der Waals surface area contributed by atoms with Gasteiger partial charge in [0, 0.05) is 18.2 Å². The number of aliphatic hydroxyl groups excluding tert-OH is 1. The van der Waals surface area contributed by atoms with Gasteiger partial charge in [-0.3, -0.25) is 4.79 Å². The molecule has 2 N–H and O–H groups in total. The Morgan fingerprint density at radius 1 is 1.45 bits per heavy atom. The number of carbonyl (C=O) groups excluding carboxylic acids is 1. The molecule has 1 aromatic carbocycles. The highest BCUT2D eigenvalue weighted by molar-refractivity contribution is 6.31. The minimum absolute atomic E-state index is 0.0315. The second-order valence-electron chi connectivity index (χ2n) is 5.61. The van der Waals surface area contributed by atoms with Gasteiger partial charge in [-0.2, -0.15) is 0 Å². The maximum atomic E-state index is 11.7. The Hall–Kier alpha value is -1.26. The summed E-state index contributed by atoms with van der Waals surface area (Å²) in [5.74, 6) is 0.445. The Kier molecular flexibility index (Phi) is 6.30. The molecular formula is C15H22ClNO3. The molecule has 0 unspecified atom stereocenters. The van der Waals surface area contributed by atoms with Crippen LogP contribution in [-0.2, 0) is 4.79 Å². The number of hydrogen-bond donors (Lipinski definition) is 2. The molecule has 4 nitrogen and oxygen atoms in total. The third-order valence-corrected chi connectivity index (χ3v) is 3.48. The molecule has 0 spiro atoms. The fourth-order valence-corrected chi connectivity index (χ4v) is 1.75. The van der Waals surface area contributed by atoms with Gasteiger partial charge in [0.25, 0.3) is 5.91 Å². The first-order chi connectivity index (χ1) is 9.34. The molecule has 0 aromatic heterocycles. The molecule has 0 aliphatic carbocycles. The number of halogens is 1. The Labute approximate surface area is 125 Å². The molecule has 0 aliphatic rings. The number of benzene rings is 1. The summed E-state index contributed by atoms with van der Waals surface area (Å²) in [5, 5.41) is 12.4. The number of rotatable bonds is 7. The smallest absolute Gasteiger partial charge is 0.257 e. The topological polar surface area (TPSA) is 58.6 Å². The number of aliphatic hydroxyl groups is 1. The lowest BCUT2D eigenvalue weighted by Crippen LogP contribution is -2.37. The van der Waals surface area contributed by atoms with Crippen LogP contribution < -0.4 is 10.1 Å². The van der Waals surface area contributed by atoms with Crippen molar-refractivity contribution in [3.05, 3.63) is 28.8 Å². The molecule has 1 aromatic rings. The normalized spacial score (nSPS) is 11.2. The maximum absolute atomic E-state index is 11.7. The monoisotopic (exact) mass is 299 g/mol. The molecule has 0 aliphatic heterocycles. The van der Waals surface area contributed by atoms with Crippen molar-refractivity contribution in [3.8, 4) is 5.75 Å². The van der Waals surface area contributed by atoms with E-state index in [9.17, 15) is 4.79 Å². The van der Waals surface area contributed by atoms with Gasteiger partial charge < -0.3 is 15.2 Å². The fraction of sp³-hybridized carbons (Fsp3) is 0.533. The first-order valence-corrected chi connectivity index (χ1v) is 6.98. The highest BCUT2D eigenvalue weighted by atomic mass is 35.5. The van der Waals surface area contributed by atoms with E-state index in [1.807, 2.05) is 20.8 Å². The number of nitrogens with one attached hydrogen (secondary N) is 1. The van der Waals surface area contributed by atoms with Crippen LogP contribution in [0.4, 0.5) is 0 Å². The first kappa shape index (κ1) is 16.8. The summed E-state index contributed by atoms with van der Waals surface area (Å²) in [5.41, 5.74) is 0.787. The van der Waals surface area contributed by atoms with Gasteiger partial charge in [-0.05, 0) is 42.5 Å². The second kappa shape index (κ2) is 7.50. The summed E-state index contributed by atoms with van der Waals surface area (Å²) < 4.78 is 5.41. The van der Waals surface area contributed by atoms with Crippen LogP contribution in [0.3, 0.4) is 0 Å². The van der Waals surface area contributed by atoms with Gasteiger partial charge in [0.1, 0.15) is 5.75 Å². The van der Waals surface area contributed by atoms with Crippen LogP contribution in [0.2, 0.25) is 5.02 Å². The van der Waals surface area contributed by atoms with Crippen molar-refractivity contribution >= 4 is 17.5 Å². The van der Waals surface area contributed by atoms with E-state index in [0.29, 0.717) is 23.7 Å². The lowest BCUT2D eigenvalue weighted by atomic mass is 9.90. The number of aryl methyl sites for hydroxylation is 1. The van der Waals surface area contributed by atoms with Gasteiger partial charge in [-0.25, -0.2) is 0 Å². The van der Waals surface area contributed by atoms with Crippen molar-refractivity contribution in [2.24, 2.45) is 5.41 Å². The summed E-state index contributed by atoms with van der Waals surface area (Å²) in [7, 11) is 0. The zero-order valence-corrected chi connectivity index (χ0v) is 13.0. The van der Waals surface area contributed by atoms with Crippen molar-refractivity contribution in [2.45, 2.75) is 27.2 Å². The van der Waals surface area contributed by atoms with Crippen LogP contribution >= 0.6 is 11.6 Å². The molecule has 5 heteroatoms. The maximum Gasteiger partial charge on any atom is 0.257 e. The average Bonchev–Trinajstić information content (AvgIpc) is 2.38. The van der Waals surface area contributed by atoms with E-state index in [4.69, 9.17) is 21.4 Å². The van der Waals surface area contributed by atoms with Crippen LogP contribution in [0.15, 0.2) is 18.2 Å². The number of hydrogen-bond acceptors (Lipinski definition) is 3. The standard InChI is InChI=1S/C15H22ClNO3/c1-11-8-12(4-5-13(11)16)20-9-14(19)17-10-15(2,3)6-7-18/h4-5,8,18H,6-7,9-10H2,1-3H3,(H,17,19).